The maximum Gasteiger partial charge on any atom is 0.335 e. The SMILES string of the molecule is CC(C)(C)[Si](C)(C)O[C@@H]1[C@H](O)[C@@H](C(=O)O)O[C@H]1n1cnc2c(=O)[nH]c(N)nc21. The van der Waals surface area contributed by atoms with Gasteiger partial charge in [0.2, 0.25) is 5.95 Å². The van der Waals surface area contributed by atoms with Crippen LogP contribution in [0.1, 0.15) is 27.0 Å². The minimum atomic E-state index is -2.40. The van der Waals surface area contributed by atoms with Gasteiger partial charge >= 0.3 is 5.97 Å². The number of anilines is 1. The quantitative estimate of drug-likeness (QED) is 0.522. The first kappa shape index (κ1) is 20.5. The number of hydrogen-bond donors (Lipinski definition) is 4. The van der Waals surface area contributed by atoms with Gasteiger partial charge in [0.1, 0.15) is 12.2 Å². The van der Waals surface area contributed by atoms with Gasteiger partial charge in [-0.1, -0.05) is 20.8 Å². The van der Waals surface area contributed by atoms with Crippen molar-refractivity contribution in [3.8, 4) is 0 Å². The molecule has 2 aromatic heterocycles. The number of H-pyrrole nitrogens is 1. The van der Waals surface area contributed by atoms with Gasteiger partial charge in [0.25, 0.3) is 5.56 Å². The molecule has 3 heterocycles. The van der Waals surface area contributed by atoms with Crippen LogP contribution in [-0.2, 0) is 14.0 Å². The predicted octanol–water partition coefficient (Wildman–Crippen LogP) is 0.435. The number of hydrogen-bond acceptors (Lipinski definition) is 8. The van der Waals surface area contributed by atoms with E-state index in [9.17, 15) is 19.8 Å². The predicted molar refractivity (Wildman–Crippen MR) is 102 cm³/mol. The largest absolute Gasteiger partial charge is 0.479 e. The van der Waals surface area contributed by atoms with Gasteiger partial charge in [-0.25, -0.2) is 9.78 Å². The Balaban J connectivity index is 2.09. The highest BCUT2D eigenvalue weighted by Gasteiger charge is 2.53. The molecule has 5 N–H and O–H groups in total. The number of imidazole rings is 1. The van der Waals surface area contributed by atoms with Crippen molar-refractivity contribution in [2.75, 3.05) is 5.73 Å². The molecule has 1 fully saturated rings. The van der Waals surface area contributed by atoms with Crippen LogP contribution in [0.2, 0.25) is 18.1 Å². The molecule has 0 spiro atoms. The highest BCUT2D eigenvalue weighted by Crippen LogP contribution is 2.42. The van der Waals surface area contributed by atoms with Crippen LogP contribution in [0.15, 0.2) is 11.1 Å². The molecule has 12 heteroatoms. The third-order valence-electron chi connectivity index (χ3n) is 5.42. The highest BCUT2D eigenvalue weighted by atomic mass is 28.4. The van der Waals surface area contributed by atoms with E-state index in [1.807, 2.05) is 33.9 Å². The first-order valence-corrected chi connectivity index (χ1v) is 11.7. The summed E-state index contributed by atoms with van der Waals surface area (Å²) in [5, 5.41) is 19.9. The monoisotopic (exact) mass is 411 g/mol. The molecule has 1 saturated heterocycles. The topological polar surface area (TPSA) is 166 Å². The number of carbonyl (C=O) groups is 1. The van der Waals surface area contributed by atoms with E-state index in [0.717, 1.165) is 0 Å². The Morgan fingerprint density at radius 3 is 2.64 bits per heavy atom. The van der Waals surface area contributed by atoms with Crippen LogP contribution in [0.4, 0.5) is 5.95 Å². The maximum absolute atomic E-state index is 12.0. The highest BCUT2D eigenvalue weighted by molar-refractivity contribution is 6.74. The second-order valence-corrected chi connectivity index (χ2v) is 13.2. The first-order valence-electron chi connectivity index (χ1n) is 8.80. The molecule has 0 radical (unpaired) electrons. The molecule has 0 amide bonds. The van der Waals surface area contributed by atoms with Crippen LogP contribution in [-0.4, -0.2) is 62.3 Å². The van der Waals surface area contributed by atoms with Crippen molar-refractivity contribution in [1.29, 1.82) is 0 Å². The summed E-state index contributed by atoms with van der Waals surface area (Å²) in [7, 11) is -2.40. The fourth-order valence-corrected chi connectivity index (χ4v) is 4.14. The number of nitrogens with zero attached hydrogens (tertiary/aromatic N) is 3. The van der Waals surface area contributed by atoms with Gasteiger partial charge < -0.3 is 25.1 Å². The average Bonchev–Trinajstić information content (AvgIpc) is 3.08. The molecular formula is C16H25N5O6Si. The second kappa shape index (κ2) is 6.65. The van der Waals surface area contributed by atoms with Crippen molar-refractivity contribution in [2.45, 2.75) is 63.4 Å². The van der Waals surface area contributed by atoms with Gasteiger partial charge in [0, 0.05) is 0 Å². The molecular weight excluding hydrogens is 386 g/mol. The van der Waals surface area contributed by atoms with Crippen molar-refractivity contribution >= 4 is 31.4 Å². The Hall–Kier alpha value is -2.28. The smallest absolute Gasteiger partial charge is 0.335 e. The lowest BCUT2D eigenvalue weighted by Gasteiger charge is -2.40. The van der Waals surface area contributed by atoms with Gasteiger partial charge in [0.05, 0.1) is 6.33 Å². The van der Waals surface area contributed by atoms with E-state index in [1.165, 1.54) is 10.9 Å². The molecule has 154 valence electrons. The minimum Gasteiger partial charge on any atom is -0.479 e. The summed E-state index contributed by atoms with van der Waals surface area (Å²) in [6.07, 6.45) is -3.62. The van der Waals surface area contributed by atoms with Gasteiger partial charge in [-0.15, -0.1) is 0 Å². The molecule has 0 saturated carbocycles. The summed E-state index contributed by atoms with van der Waals surface area (Å²) in [5.74, 6) is -1.43. The Kier molecular flexibility index (Phi) is 4.86. The third kappa shape index (κ3) is 3.32. The number of aromatic amines is 1. The van der Waals surface area contributed by atoms with Crippen LogP contribution in [0.25, 0.3) is 11.2 Å². The van der Waals surface area contributed by atoms with Crippen LogP contribution >= 0.6 is 0 Å². The molecule has 0 bridgehead atoms. The van der Waals surface area contributed by atoms with E-state index < -0.39 is 44.4 Å². The first-order chi connectivity index (χ1) is 12.8. The number of ether oxygens (including phenoxy) is 1. The number of nitrogens with two attached hydrogens (primary N) is 1. The lowest BCUT2D eigenvalue weighted by atomic mass is 10.1. The number of nitrogens with one attached hydrogen (secondary N) is 1. The normalized spacial score (nSPS) is 26.1. The Labute approximate surface area is 161 Å². The summed E-state index contributed by atoms with van der Waals surface area (Å²) in [6.45, 7) is 10.0. The molecule has 0 aliphatic carbocycles. The molecule has 0 aromatic carbocycles. The minimum absolute atomic E-state index is 0.0251. The van der Waals surface area contributed by atoms with Crippen molar-refractivity contribution < 1.29 is 24.2 Å². The van der Waals surface area contributed by atoms with Crippen molar-refractivity contribution in [1.82, 2.24) is 19.5 Å². The summed E-state index contributed by atoms with van der Waals surface area (Å²) in [4.78, 5) is 34.1. The number of fused-ring (bicyclic) bond motifs is 1. The number of aromatic nitrogens is 4. The van der Waals surface area contributed by atoms with Gasteiger partial charge in [-0.3, -0.25) is 14.3 Å². The standard InChI is InChI=1S/C16H25N5O6Si/c1-16(2,3)28(4,5)27-9-8(22)10(14(24)25)26-13(9)21-6-18-7-11(21)19-15(17)20-12(7)23/h6,8-10,13,22H,1-5H3,(H,24,25)(H3,17,19,20,23)/t8-,9+,10-,13+/m0/s1. The number of carboxylic acid groups (broad SMARTS) is 1. The summed E-state index contributed by atoms with van der Waals surface area (Å²) in [5.41, 5.74) is 5.24. The van der Waals surface area contributed by atoms with Crippen LogP contribution in [0.5, 0.6) is 0 Å². The van der Waals surface area contributed by atoms with Crippen LogP contribution < -0.4 is 11.3 Å². The van der Waals surface area contributed by atoms with Crippen molar-refractivity contribution in [3.63, 3.8) is 0 Å². The molecule has 28 heavy (non-hydrogen) atoms. The summed E-state index contributed by atoms with van der Waals surface area (Å²) in [6, 6.07) is 0. The fraction of sp³-hybridized carbons (Fsp3) is 0.625. The van der Waals surface area contributed by atoms with Crippen molar-refractivity contribution in [2.24, 2.45) is 0 Å². The molecule has 1 aliphatic rings. The number of aliphatic carboxylic acids is 1. The zero-order valence-electron chi connectivity index (χ0n) is 16.3. The zero-order chi connectivity index (χ0) is 21.0. The van der Waals surface area contributed by atoms with Gasteiger partial charge in [0.15, 0.2) is 31.8 Å². The van der Waals surface area contributed by atoms with Gasteiger partial charge in [-0.05, 0) is 18.1 Å². The van der Waals surface area contributed by atoms with Crippen molar-refractivity contribution in [3.05, 3.63) is 16.7 Å². The van der Waals surface area contributed by atoms with E-state index in [1.54, 1.807) is 0 Å². The summed E-state index contributed by atoms with van der Waals surface area (Å²) < 4.78 is 13.3. The number of nitrogen functional groups attached to an aromatic ring is 1. The number of aliphatic hydroxyl groups is 1. The number of carboxylic acids is 1. The van der Waals surface area contributed by atoms with Crippen LogP contribution in [0, 0.1) is 0 Å². The maximum atomic E-state index is 12.0. The Bertz CT molecular complexity index is 965. The lowest BCUT2D eigenvalue weighted by molar-refractivity contribution is -0.155. The lowest BCUT2D eigenvalue weighted by Crippen LogP contribution is -2.49. The summed E-state index contributed by atoms with van der Waals surface area (Å²) >= 11 is 0. The second-order valence-electron chi connectivity index (χ2n) is 8.39. The number of rotatable bonds is 4. The van der Waals surface area contributed by atoms with Crippen LogP contribution in [0.3, 0.4) is 0 Å². The van der Waals surface area contributed by atoms with E-state index >= 15 is 0 Å². The molecule has 4 atom stereocenters. The molecule has 3 rings (SSSR count). The molecule has 2 aromatic rings. The number of aliphatic hydroxyl groups excluding tert-OH is 1. The molecule has 11 nitrogen and oxygen atoms in total. The molecule has 1 aliphatic heterocycles. The van der Waals surface area contributed by atoms with E-state index in [2.05, 4.69) is 15.0 Å². The average molecular weight is 411 g/mol. The van der Waals surface area contributed by atoms with E-state index in [-0.39, 0.29) is 22.2 Å². The Morgan fingerprint density at radius 2 is 2.07 bits per heavy atom. The molecule has 0 unspecified atom stereocenters. The van der Waals surface area contributed by atoms with Gasteiger partial charge in [-0.2, -0.15) is 4.98 Å². The fourth-order valence-electron chi connectivity index (χ4n) is 2.85. The van der Waals surface area contributed by atoms with E-state index in [4.69, 9.17) is 14.9 Å². The zero-order valence-corrected chi connectivity index (χ0v) is 17.3. The Morgan fingerprint density at radius 1 is 1.43 bits per heavy atom. The third-order valence-corrected chi connectivity index (χ3v) is 9.89. The van der Waals surface area contributed by atoms with E-state index in [0.29, 0.717) is 0 Å².